The number of hydrogen-bond donors (Lipinski definition) is 3. The van der Waals surface area contributed by atoms with E-state index in [0.717, 1.165) is 0 Å². The minimum atomic E-state index is -1.18. The van der Waals surface area contributed by atoms with Gasteiger partial charge in [0, 0.05) is 11.3 Å². The molecule has 6 atom stereocenters. The van der Waals surface area contributed by atoms with E-state index in [0.29, 0.717) is 31.7 Å². The van der Waals surface area contributed by atoms with Crippen molar-refractivity contribution < 1.29 is 33.9 Å². The van der Waals surface area contributed by atoms with E-state index in [-0.39, 0.29) is 18.6 Å². The molecule has 0 radical (unpaired) electrons. The summed E-state index contributed by atoms with van der Waals surface area (Å²) in [7, 11) is 0. The van der Waals surface area contributed by atoms with Crippen LogP contribution in [0.25, 0.3) is 10.8 Å². The zero-order valence-corrected chi connectivity index (χ0v) is 19.4. The molecular formula is C26H22N4O7. The van der Waals surface area contributed by atoms with Crippen LogP contribution in [0.3, 0.4) is 0 Å². The Morgan fingerprint density at radius 1 is 0.757 bits per heavy atom. The number of carbonyl (C=O) groups is 6. The predicted octanol–water partition coefficient (Wildman–Crippen LogP) is 1.34. The molecule has 0 aromatic heterocycles. The molecule has 2 heterocycles. The van der Waals surface area contributed by atoms with Gasteiger partial charge in [0.2, 0.25) is 23.6 Å². The highest BCUT2D eigenvalue weighted by molar-refractivity contribution is 6.18. The van der Waals surface area contributed by atoms with E-state index >= 15 is 0 Å². The molecule has 5 N–H and O–H groups in total. The van der Waals surface area contributed by atoms with E-state index in [1.54, 1.807) is 36.4 Å². The van der Waals surface area contributed by atoms with Gasteiger partial charge in [-0.1, -0.05) is 42.0 Å². The number of aromatic hydroxyl groups is 1. The van der Waals surface area contributed by atoms with Gasteiger partial charge in [-0.25, -0.2) is 9.59 Å². The Balaban J connectivity index is 1.57. The van der Waals surface area contributed by atoms with Crippen molar-refractivity contribution in [2.45, 2.75) is 18.8 Å². The summed E-state index contributed by atoms with van der Waals surface area (Å²) in [6.07, 6.45) is 1.98. The Morgan fingerprint density at radius 3 is 2.00 bits per heavy atom. The van der Waals surface area contributed by atoms with Crippen LogP contribution in [-0.4, -0.2) is 50.6 Å². The van der Waals surface area contributed by atoms with Gasteiger partial charge in [-0.15, -0.1) is 0 Å². The van der Waals surface area contributed by atoms with Gasteiger partial charge in [0.15, 0.2) is 0 Å². The lowest BCUT2D eigenvalue weighted by Gasteiger charge is -2.44. The second-order valence-electron chi connectivity index (χ2n) is 9.94. The number of nitrogens with two attached hydrogens (primary N) is 2. The van der Waals surface area contributed by atoms with Crippen LogP contribution in [0.5, 0.6) is 5.75 Å². The molecule has 11 heteroatoms. The van der Waals surface area contributed by atoms with Crippen LogP contribution in [0.2, 0.25) is 0 Å². The number of nitrogens with zero attached hydrogens (tertiary/aromatic N) is 2. The maximum absolute atomic E-state index is 13.5. The van der Waals surface area contributed by atoms with E-state index in [9.17, 15) is 33.9 Å². The highest BCUT2D eigenvalue weighted by Crippen LogP contribution is 2.58. The van der Waals surface area contributed by atoms with Crippen molar-refractivity contribution >= 4 is 46.5 Å². The van der Waals surface area contributed by atoms with Crippen LogP contribution >= 0.6 is 0 Å². The van der Waals surface area contributed by atoms with E-state index in [1.165, 1.54) is 6.07 Å². The number of allylic oxidation sites excluding steroid dienone is 2. The minimum Gasteiger partial charge on any atom is -0.507 e. The fourth-order valence-corrected chi connectivity index (χ4v) is 6.95. The maximum atomic E-state index is 13.5. The van der Waals surface area contributed by atoms with E-state index in [4.69, 9.17) is 11.5 Å². The normalized spacial score (nSPS) is 30.8. The molecule has 2 aromatic carbocycles. The van der Waals surface area contributed by atoms with Gasteiger partial charge in [-0.2, -0.15) is 9.80 Å². The van der Waals surface area contributed by atoms with Crippen LogP contribution in [0.15, 0.2) is 48.0 Å². The highest BCUT2D eigenvalue weighted by Gasteiger charge is 2.63. The first-order chi connectivity index (χ1) is 17.6. The summed E-state index contributed by atoms with van der Waals surface area (Å²) < 4.78 is 0. The number of benzene rings is 2. The molecule has 8 amide bonds. The standard InChI is InChI=1S/C26H22N4O7/c27-25(36)29-21(32)14-6-5-13-15(19(14)23(29)34)9-16-20(24(35)30(22(16)33)26(28)37)18(13)12-7-8-17(31)11-4-2-1-3-10(11)12/h1-5,7-8,14-16,18-20,31H,6,9H2,(H2,27,36)(H2,28,37)/t14-,15+,16+,18-,19-,20+/m0/s1. The van der Waals surface area contributed by atoms with Crippen LogP contribution in [0, 0.1) is 29.6 Å². The molecule has 11 nitrogen and oxygen atoms in total. The Labute approximate surface area is 209 Å². The average molecular weight is 502 g/mol. The van der Waals surface area contributed by atoms with Crippen molar-refractivity contribution in [2.75, 3.05) is 0 Å². The van der Waals surface area contributed by atoms with E-state index < -0.39 is 71.2 Å². The predicted molar refractivity (Wildman–Crippen MR) is 126 cm³/mol. The second-order valence-corrected chi connectivity index (χ2v) is 9.94. The Kier molecular flexibility index (Phi) is 4.78. The summed E-state index contributed by atoms with van der Waals surface area (Å²) in [5, 5.41) is 11.6. The molecule has 6 rings (SSSR count). The molecular weight excluding hydrogens is 480 g/mol. The first kappa shape index (κ1) is 22.9. The number of rotatable bonds is 1. The number of carbonyl (C=O) groups excluding carboxylic acids is 6. The SMILES string of the molecule is NC(=O)N1C(=O)[C@H]2[C@H](CC=C3[C@H]2C[C@H]2C(=O)N(C(N)=O)C(=O)[C@H]2[C@H]3c2ccc(O)c3ccccc23)C1=O. The van der Waals surface area contributed by atoms with Crippen molar-refractivity contribution in [3.05, 3.63) is 53.6 Å². The molecule has 4 aliphatic rings. The maximum Gasteiger partial charge on any atom is 0.328 e. The lowest BCUT2D eigenvalue weighted by atomic mass is 9.57. The number of hydrogen-bond acceptors (Lipinski definition) is 7. The first-order valence-electron chi connectivity index (χ1n) is 11.9. The number of phenolic OH excluding ortho intramolecular Hbond substituents is 1. The first-order valence-corrected chi connectivity index (χ1v) is 11.9. The molecule has 2 saturated heterocycles. The summed E-state index contributed by atoms with van der Waals surface area (Å²) in [6, 6.07) is 7.84. The molecule has 0 unspecified atom stereocenters. The van der Waals surface area contributed by atoms with Crippen molar-refractivity contribution in [1.82, 2.24) is 9.80 Å². The third-order valence-electron chi connectivity index (χ3n) is 8.36. The Bertz CT molecular complexity index is 1500. The molecule has 1 saturated carbocycles. The Morgan fingerprint density at radius 2 is 1.35 bits per heavy atom. The largest absolute Gasteiger partial charge is 0.507 e. The number of urea groups is 2. The summed E-state index contributed by atoms with van der Waals surface area (Å²) in [6.45, 7) is 0. The topological polar surface area (TPSA) is 181 Å². The number of primary amides is 2. The summed E-state index contributed by atoms with van der Waals surface area (Å²) >= 11 is 0. The molecule has 0 bridgehead atoms. The molecule has 2 aliphatic heterocycles. The fourth-order valence-electron chi connectivity index (χ4n) is 6.95. The average Bonchev–Trinajstić information content (AvgIpc) is 3.27. The molecule has 0 spiro atoms. The Hall–Kier alpha value is -4.54. The fraction of sp³-hybridized carbons (Fsp3) is 0.308. The molecule has 188 valence electrons. The highest BCUT2D eigenvalue weighted by atomic mass is 16.3. The van der Waals surface area contributed by atoms with E-state index in [1.807, 2.05) is 0 Å². The molecule has 2 aromatic rings. The van der Waals surface area contributed by atoms with Gasteiger partial charge in [-0.05, 0) is 35.8 Å². The second kappa shape index (κ2) is 7.73. The molecule has 2 aliphatic carbocycles. The lowest BCUT2D eigenvalue weighted by Crippen LogP contribution is -2.44. The number of amides is 8. The van der Waals surface area contributed by atoms with Crippen LogP contribution in [0.1, 0.15) is 24.3 Å². The van der Waals surface area contributed by atoms with E-state index in [2.05, 4.69) is 0 Å². The van der Waals surface area contributed by atoms with Crippen molar-refractivity contribution in [3.8, 4) is 5.75 Å². The number of fused-ring (bicyclic) bond motifs is 5. The van der Waals surface area contributed by atoms with Crippen LogP contribution < -0.4 is 11.5 Å². The van der Waals surface area contributed by atoms with Crippen molar-refractivity contribution in [3.63, 3.8) is 0 Å². The smallest absolute Gasteiger partial charge is 0.328 e. The van der Waals surface area contributed by atoms with Gasteiger partial charge in [-0.3, -0.25) is 19.2 Å². The zero-order valence-electron chi connectivity index (χ0n) is 19.4. The monoisotopic (exact) mass is 502 g/mol. The van der Waals surface area contributed by atoms with Gasteiger partial charge in [0.25, 0.3) is 0 Å². The van der Waals surface area contributed by atoms with Crippen LogP contribution in [0.4, 0.5) is 9.59 Å². The number of phenols is 1. The van der Waals surface area contributed by atoms with Crippen molar-refractivity contribution in [1.29, 1.82) is 0 Å². The van der Waals surface area contributed by atoms with Gasteiger partial charge < -0.3 is 16.6 Å². The molecule has 3 fully saturated rings. The van der Waals surface area contributed by atoms with Crippen LogP contribution in [-0.2, 0) is 19.2 Å². The lowest BCUT2D eigenvalue weighted by molar-refractivity contribution is -0.138. The minimum absolute atomic E-state index is 0.0298. The van der Waals surface area contributed by atoms with Crippen molar-refractivity contribution in [2.24, 2.45) is 41.1 Å². The van der Waals surface area contributed by atoms with Gasteiger partial charge >= 0.3 is 12.1 Å². The third kappa shape index (κ3) is 2.93. The quantitative estimate of drug-likeness (QED) is 0.388. The number of likely N-dealkylation sites (tertiary alicyclic amines) is 2. The summed E-state index contributed by atoms with van der Waals surface area (Å²) in [5.41, 5.74) is 12.0. The van der Waals surface area contributed by atoms with Gasteiger partial charge in [0.1, 0.15) is 5.75 Å². The summed E-state index contributed by atoms with van der Waals surface area (Å²) in [4.78, 5) is 77.8. The van der Waals surface area contributed by atoms with Gasteiger partial charge in [0.05, 0.1) is 23.7 Å². The third-order valence-corrected chi connectivity index (χ3v) is 8.36. The zero-order chi connectivity index (χ0) is 26.3. The number of imide groups is 6. The molecule has 37 heavy (non-hydrogen) atoms. The summed E-state index contributed by atoms with van der Waals surface area (Å²) in [5.74, 6) is -7.92.